The molecule has 0 saturated heterocycles. The molecule has 0 unspecified atom stereocenters. The second-order valence-corrected chi connectivity index (χ2v) is 6.50. The van der Waals surface area contributed by atoms with Gasteiger partial charge in [-0.2, -0.15) is 0 Å². The largest absolute Gasteiger partial charge is 0.497 e. The predicted octanol–water partition coefficient (Wildman–Crippen LogP) is 3.93. The lowest BCUT2D eigenvalue weighted by molar-refractivity contribution is -0.123. The summed E-state index contributed by atoms with van der Waals surface area (Å²) in [7, 11) is 1.65. The van der Waals surface area contributed by atoms with Gasteiger partial charge in [-0.05, 0) is 55.1 Å². The Balaban J connectivity index is 1.97. The molecule has 0 saturated carbocycles. The fraction of sp³-hybridized carbons (Fsp3) is 0.381. The zero-order valence-corrected chi connectivity index (χ0v) is 16.8. The van der Waals surface area contributed by atoms with Crippen molar-refractivity contribution in [2.24, 2.45) is 0 Å². The minimum Gasteiger partial charge on any atom is -0.497 e. The Labute approximate surface area is 166 Å². The van der Waals surface area contributed by atoms with Gasteiger partial charge in [0.25, 0.3) is 5.91 Å². The van der Waals surface area contributed by atoms with E-state index < -0.39 is 0 Å². The molecule has 2 aromatic rings. The van der Waals surface area contributed by atoms with Gasteiger partial charge in [-0.15, -0.1) is 0 Å². The van der Waals surface area contributed by atoms with Gasteiger partial charge in [-0.25, -0.2) is 0 Å². The van der Waals surface area contributed by atoms with Crippen molar-refractivity contribution in [1.82, 2.24) is 10.2 Å². The molecule has 0 aromatic heterocycles. The topological polar surface area (TPSA) is 50.8 Å². The van der Waals surface area contributed by atoms with Gasteiger partial charge in [-0.1, -0.05) is 37.6 Å². The SMILES string of the molecule is CCN(CC)[C@H](CNC(=O)COc1ccc(Cl)cc1)c1cccc(OC)c1. The minimum absolute atomic E-state index is 0.0370. The first kappa shape index (κ1) is 21.1. The summed E-state index contributed by atoms with van der Waals surface area (Å²) in [5.74, 6) is 1.26. The summed E-state index contributed by atoms with van der Waals surface area (Å²) < 4.78 is 10.8. The molecule has 27 heavy (non-hydrogen) atoms. The van der Waals surface area contributed by atoms with Gasteiger partial charge in [0.2, 0.25) is 0 Å². The van der Waals surface area contributed by atoms with E-state index in [2.05, 4.69) is 30.1 Å². The first-order chi connectivity index (χ1) is 13.1. The van der Waals surface area contributed by atoms with Crippen LogP contribution in [0.1, 0.15) is 25.5 Å². The Morgan fingerprint density at radius 2 is 1.81 bits per heavy atom. The standard InChI is InChI=1S/C21H27ClN2O3/c1-4-24(5-2)20(16-7-6-8-19(13-16)26-3)14-23-21(25)15-27-18-11-9-17(22)10-12-18/h6-13,20H,4-5,14-15H2,1-3H3,(H,23,25)/t20-/m1/s1. The van der Waals surface area contributed by atoms with Crippen molar-refractivity contribution in [3.63, 3.8) is 0 Å². The fourth-order valence-corrected chi connectivity index (χ4v) is 3.04. The van der Waals surface area contributed by atoms with E-state index in [1.54, 1.807) is 31.4 Å². The van der Waals surface area contributed by atoms with Gasteiger partial charge in [0.15, 0.2) is 6.61 Å². The quantitative estimate of drug-likeness (QED) is 0.667. The molecule has 0 radical (unpaired) electrons. The second kappa shape index (κ2) is 10.8. The maximum atomic E-state index is 12.2. The lowest BCUT2D eigenvalue weighted by Crippen LogP contribution is -2.39. The molecule has 2 aromatic carbocycles. The lowest BCUT2D eigenvalue weighted by Gasteiger charge is -2.30. The zero-order valence-electron chi connectivity index (χ0n) is 16.1. The fourth-order valence-electron chi connectivity index (χ4n) is 2.91. The van der Waals surface area contributed by atoms with Crippen LogP contribution in [-0.2, 0) is 4.79 Å². The number of benzene rings is 2. The number of ether oxygens (including phenoxy) is 2. The van der Waals surface area contributed by atoms with Gasteiger partial charge in [-0.3, -0.25) is 9.69 Å². The Kier molecular flexibility index (Phi) is 8.43. The number of nitrogens with one attached hydrogen (secondary N) is 1. The monoisotopic (exact) mass is 390 g/mol. The zero-order chi connectivity index (χ0) is 19.6. The Bertz CT molecular complexity index is 718. The van der Waals surface area contributed by atoms with Crippen LogP contribution in [-0.4, -0.2) is 44.2 Å². The first-order valence-electron chi connectivity index (χ1n) is 9.10. The molecule has 0 spiro atoms. The average Bonchev–Trinajstić information content (AvgIpc) is 2.70. The number of amides is 1. The Hall–Kier alpha value is -2.24. The highest BCUT2D eigenvalue weighted by atomic mass is 35.5. The van der Waals surface area contributed by atoms with Crippen LogP contribution in [0, 0.1) is 0 Å². The number of hydrogen-bond acceptors (Lipinski definition) is 4. The molecule has 0 aliphatic heterocycles. The van der Waals surface area contributed by atoms with E-state index >= 15 is 0 Å². The second-order valence-electron chi connectivity index (χ2n) is 6.06. The summed E-state index contributed by atoms with van der Waals surface area (Å²) in [6, 6.07) is 15.0. The molecule has 146 valence electrons. The van der Waals surface area contributed by atoms with Crippen LogP contribution in [0.2, 0.25) is 5.02 Å². The van der Waals surface area contributed by atoms with E-state index in [1.807, 2.05) is 18.2 Å². The highest BCUT2D eigenvalue weighted by Gasteiger charge is 2.19. The normalized spacial score (nSPS) is 11.9. The van der Waals surface area contributed by atoms with E-state index in [1.165, 1.54) is 0 Å². The number of hydrogen-bond donors (Lipinski definition) is 1. The van der Waals surface area contributed by atoms with Crippen molar-refractivity contribution in [3.8, 4) is 11.5 Å². The van der Waals surface area contributed by atoms with Crippen molar-refractivity contribution in [2.45, 2.75) is 19.9 Å². The van der Waals surface area contributed by atoms with Gasteiger partial charge < -0.3 is 14.8 Å². The summed E-state index contributed by atoms with van der Waals surface area (Å²) in [5, 5.41) is 3.61. The van der Waals surface area contributed by atoms with Crippen LogP contribution in [0.25, 0.3) is 0 Å². The highest BCUT2D eigenvalue weighted by Crippen LogP contribution is 2.23. The van der Waals surface area contributed by atoms with Crippen molar-refractivity contribution in [1.29, 1.82) is 0 Å². The molecule has 6 heteroatoms. The first-order valence-corrected chi connectivity index (χ1v) is 9.48. The molecule has 0 aliphatic rings. The van der Waals surface area contributed by atoms with Gasteiger partial charge in [0, 0.05) is 11.6 Å². The van der Waals surface area contributed by atoms with Crippen LogP contribution in [0.15, 0.2) is 48.5 Å². The Morgan fingerprint density at radius 1 is 1.11 bits per heavy atom. The van der Waals surface area contributed by atoms with Crippen LogP contribution in [0.4, 0.5) is 0 Å². The molecule has 0 fully saturated rings. The van der Waals surface area contributed by atoms with Gasteiger partial charge in [0.1, 0.15) is 11.5 Å². The van der Waals surface area contributed by atoms with Crippen molar-refractivity contribution >= 4 is 17.5 Å². The third kappa shape index (κ3) is 6.45. The summed E-state index contributed by atoms with van der Waals surface area (Å²) in [6.07, 6.45) is 0. The molecule has 0 bridgehead atoms. The molecule has 0 heterocycles. The molecule has 0 aliphatic carbocycles. The smallest absolute Gasteiger partial charge is 0.258 e. The summed E-state index contributed by atoms with van der Waals surface area (Å²) >= 11 is 5.85. The molecule has 1 amide bonds. The number of nitrogens with zero attached hydrogens (tertiary/aromatic N) is 1. The third-order valence-electron chi connectivity index (χ3n) is 4.41. The van der Waals surface area contributed by atoms with Crippen molar-refractivity contribution < 1.29 is 14.3 Å². The number of methoxy groups -OCH3 is 1. The van der Waals surface area contributed by atoms with Crippen LogP contribution >= 0.6 is 11.6 Å². The van der Waals surface area contributed by atoms with Gasteiger partial charge >= 0.3 is 0 Å². The van der Waals surface area contributed by atoms with Crippen LogP contribution in [0.3, 0.4) is 0 Å². The summed E-state index contributed by atoms with van der Waals surface area (Å²) in [4.78, 5) is 14.5. The van der Waals surface area contributed by atoms with Crippen molar-refractivity contribution in [3.05, 3.63) is 59.1 Å². The van der Waals surface area contributed by atoms with Crippen LogP contribution < -0.4 is 14.8 Å². The molecular formula is C21H27ClN2O3. The van der Waals surface area contributed by atoms with E-state index in [-0.39, 0.29) is 18.6 Å². The molecule has 1 atom stereocenters. The van der Waals surface area contributed by atoms with E-state index in [0.29, 0.717) is 17.3 Å². The highest BCUT2D eigenvalue weighted by molar-refractivity contribution is 6.30. The van der Waals surface area contributed by atoms with E-state index in [4.69, 9.17) is 21.1 Å². The van der Waals surface area contributed by atoms with E-state index in [0.717, 1.165) is 24.4 Å². The number of likely N-dealkylation sites (N-methyl/N-ethyl adjacent to an activating group) is 1. The maximum Gasteiger partial charge on any atom is 0.258 e. The number of carbonyl (C=O) groups excluding carboxylic acids is 1. The molecule has 1 N–H and O–H groups in total. The van der Waals surface area contributed by atoms with Crippen LogP contribution in [0.5, 0.6) is 11.5 Å². The minimum atomic E-state index is -0.162. The summed E-state index contributed by atoms with van der Waals surface area (Å²) in [6.45, 7) is 6.46. The number of carbonyl (C=O) groups is 1. The number of rotatable bonds is 10. The van der Waals surface area contributed by atoms with E-state index in [9.17, 15) is 4.79 Å². The lowest BCUT2D eigenvalue weighted by atomic mass is 10.0. The third-order valence-corrected chi connectivity index (χ3v) is 4.66. The van der Waals surface area contributed by atoms with Gasteiger partial charge in [0.05, 0.1) is 13.2 Å². The Morgan fingerprint density at radius 3 is 2.44 bits per heavy atom. The maximum absolute atomic E-state index is 12.2. The predicted molar refractivity (Wildman–Crippen MR) is 109 cm³/mol. The number of halogens is 1. The summed E-state index contributed by atoms with van der Waals surface area (Å²) in [5.41, 5.74) is 1.11. The molecule has 5 nitrogen and oxygen atoms in total. The average molecular weight is 391 g/mol. The molecule has 2 rings (SSSR count). The molecular weight excluding hydrogens is 364 g/mol. The van der Waals surface area contributed by atoms with Crippen molar-refractivity contribution in [2.75, 3.05) is 33.4 Å².